The summed E-state index contributed by atoms with van der Waals surface area (Å²) in [5.41, 5.74) is 1.79. The maximum atomic E-state index is 13.8. The molecule has 0 fully saturated rings. The van der Waals surface area contributed by atoms with Crippen LogP contribution in [0.5, 0.6) is 5.75 Å². The second-order valence-electron chi connectivity index (χ2n) is 4.61. The first-order valence-corrected chi connectivity index (χ1v) is 7.20. The summed E-state index contributed by atoms with van der Waals surface area (Å²) in [6, 6.07) is 13.1. The van der Waals surface area contributed by atoms with E-state index >= 15 is 0 Å². The van der Waals surface area contributed by atoms with Crippen LogP contribution in [0.3, 0.4) is 0 Å². The van der Waals surface area contributed by atoms with E-state index in [0.29, 0.717) is 17.9 Å². The fourth-order valence-electron chi connectivity index (χ4n) is 1.96. The van der Waals surface area contributed by atoms with Gasteiger partial charge in [-0.05, 0) is 30.7 Å². The molecule has 0 heterocycles. The maximum absolute atomic E-state index is 13.8. The van der Waals surface area contributed by atoms with E-state index in [4.69, 9.17) is 4.74 Å². The summed E-state index contributed by atoms with van der Waals surface area (Å²) in [6.45, 7) is 2.53. The third-order valence-electron chi connectivity index (χ3n) is 3.21. The maximum Gasteiger partial charge on any atom is 0.131 e. The Hall–Kier alpha value is -1.39. The molecule has 0 amide bonds. The van der Waals surface area contributed by atoms with Crippen molar-refractivity contribution in [3.63, 3.8) is 0 Å². The van der Waals surface area contributed by atoms with E-state index in [0.717, 1.165) is 10.0 Å². The minimum absolute atomic E-state index is 0.147. The largest absolute Gasteiger partial charge is 0.497 e. The molecule has 0 aliphatic carbocycles. The van der Waals surface area contributed by atoms with Crippen LogP contribution in [0.15, 0.2) is 46.9 Å². The molecule has 0 radical (unpaired) electrons. The molecule has 0 saturated carbocycles. The van der Waals surface area contributed by atoms with Crippen molar-refractivity contribution in [2.45, 2.75) is 19.5 Å². The van der Waals surface area contributed by atoms with E-state index in [1.807, 2.05) is 18.2 Å². The number of methoxy groups -OCH3 is 1. The molecule has 1 atom stereocenters. The highest BCUT2D eigenvalue weighted by Gasteiger charge is 2.08. The van der Waals surface area contributed by atoms with Crippen molar-refractivity contribution in [1.82, 2.24) is 5.32 Å². The van der Waals surface area contributed by atoms with Crippen molar-refractivity contribution in [1.29, 1.82) is 0 Å². The van der Waals surface area contributed by atoms with Crippen LogP contribution in [0.2, 0.25) is 0 Å². The standard InChI is InChI=1S/C16H17BrFNO/c1-11(12-4-3-5-14(17)8-12)19-10-13-6-7-15(20-2)9-16(13)18/h3-9,11,19H,10H2,1-2H3/t11-/m1/s1. The Morgan fingerprint density at radius 2 is 2.05 bits per heavy atom. The molecule has 0 spiro atoms. The molecule has 0 saturated heterocycles. The lowest BCUT2D eigenvalue weighted by Gasteiger charge is -2.15. The van der Waals surface area contributed by atoms with Crippen molar-refractivity contribution in [2.24, 2.45) is 0 Å². The Kier molecular flexibility index (Phi) is 5.15. The molecule has 4 heteroatoms. The lowest BCUT2D eigenvalue weighted by Crippen LogP contribution is -2.18. The number of nitrogens with one attached hydrogen (secondary N) is 1. The minimum atomic E-state index is -0.252. The summed E-state index contributed by atoms with van der Waals surface area (Å²) in [5, 5.41) is 3.32. The Morgan fingerprint density at radius 1 is 1.25 bits per heavy atom. The van der Waals surface area contributed by atoms with Gasteiger partial charge in [0.25, 0.3) is 0 Å². The number of benzene rings is 2. The first kappa shape index (κ1) is 15.0. The Morgan fingerprint density at radius 3 is 2.70 bits per heavy atom. The summed E-state index contributed by atoms with van der Waals surface area (Å²) < 4.78 is 19.9. The molecule has 0 aliphatic heterocycles. The van der Waals surface area contributed by atoms with Gasteiger partial charge in [-0.25, -0.2) is 4.39 Å². The molecule has 20 heavy (non-hydrogen) atoms. The van der Waals surface area contributed by atoms with Crippen molar-refractivity contribution >= 4 is 15.9 Å². The van der Waals surface area contributed by atoms with Crippen molar-refractivity contribution in [3.8, 4) is 5.75 Å². The predicted octanol–water partition coefficient (Wildman–Crippen LogP) is 4.45. The summed E-state index contributed by atoms with van der Waals surface area (Å²) in [7, 11) is 1.53. The molecular formula is C16H17BrFNO. The van der Waals surface area contributed by atoms with E-state index < -0.39 is 0 Å². The number of rotatable bonds is 5. The third kappa shape index (κ3) is 3.81. The molecule has 106 valence electrons. The number of halogens is 2. The molecule has 2 aromatic carbocycles. The van der Waals surface area contributed by atoms with Gasteiger partial charge >= 0.3 is 0 Å². The van der Waals surface area contributed by atoms with Crippen LogP contribution in [0.25, 0.3) is 0 Å². The van der Waals surface area contributed by atoms with Gasteiger partial charge in [-0.3, -0.25) is 0 Å². The number of hydrogen-bond acceptors (Lipinski definition) is 2. The zero-order chi connectivity index (χ0) is 14.5. The Bertz CT molecular complexity index is 588. The van der Waals surface area contributed by atoms with Crippen molar-refractivity contribution < 1.29 is 9.13 Å². The molecule has 0 unspecified atom stereocenters. The highest BCUT2D eigenvalue weighted by Crippen LogP contribution is 2.20. The van der Waals surface area contributed by atoms with Gasteiger partial charge in [-0.2, -0.15) is 0 Å². The van der Waals surface area contributed by atoms with Gasteiger partial charge in [0.1, 0.15) is 11.6 Å². The van der Waals surface area contributed by atoms with Crippen LogP contribution in [-0.2, 0) is 6.54 Å². The van der Waals surface area contributed by atoms with Gasteiger partial charge < -0.3 is 10.1 Å². The smallest absolute Gasteiger partial charge is 0.131 e. The fraction of sp³-hybridized carbons (Fsp3) is 0.250. The summed E-state index contributed by atoms with van der Waals surface area (Å²) in [5.74, 6) is 0.282. The third-order valence-corrected chi connectivity index (χ3v) is 3.70. The topological polar surface area (TPSA) is 21.3 Å². The molecule has 0 bridgehead atoms. The summed E-state index contributed by atoms with van der Waals surface area (Å²) in [4.78, 5) is 0. The molecule has 2 nitrogen and oxygen atoms in total. The second-order valence-corrected chi connectivity index (χ2v) is 5.53. The van der Waals surface area contributed by atoms with Crippen molar-refractivity contribution in [3.05, 3.63) is 63.9 Å². The minimum Gasteiger partial charge on any atom is -0.497 e. The normalized spacial score (nSPS) is 12.2. The number of ether oxygens (including phenoxy) is 1. The first-order valence-electron chi connectivity index (χ1n) is 6.41. The summed E-state index contributed by atoms with van der Waals surface area (Å²) in [6.07, 6.45) is 0. The molecular weight excluding hydrogens is 321 g/mol. The Balaban J connectivity index is 2.01. The van der Waals surface area contributed by atoms with Gasteiger partial charge in [0.2, 0.25) is 0 Å². The van der Waals surface area contributed by atoms with E-state index in [9.17, 15) is 4.39 Å². The van der Waals surface area contributed by atoms with Crippen LogP contribution in [0, 0.1) is 5.82 Å². The van der Waals surface area contributed by atoms with Crippen LogP contribution < -0.4 is 10.1 Å². The van der Waals surface area contributed by atoms with E-state index in [1.165, 1.54) is 13.2 Å². The van der Waals surface area contributed by atoms with Gasteiger partial charge in [0.05, 0.1) is 7.11 Å². The van der Waals surface area contributed by atoms with Crippen LogP contribution in [-0.4, -0.2) is 7.11 Å². The van der Waals surface area contributed by atoms with Crippen LogP contribution in [0.4, 0.5) is 4.39 Å². The average Bonchev–Trinajstić information content (AvgIpc) is 2.45. The molecule has 0 aromatic heterocycles. The van der Waals surface area contributed by atoms with E-state index in [-0.39, 0.29) is 11.9 Å². The van der Waals surface area contributed by atoms with Crippen LogP contribution in [0.1, 0.15) is 24.1 Å². The molecule has 2 aromatic rings. The highest BCUT2D eigenvalue weighted by molar-refractivity contribution is 9.10. The van der Waals surface area contributed by atoms with E-state index in [1.54, 1.807) is 12.1 Å². The van der Waals surface area contributed by atoms with Gasteiger partial charge in [-0.15, -0.1) is 0 Å². The van der Waals surface area contributed by atoms with Gasteiger partial charge in [0, 0.05) is 28.7 Å². The second kappa shape index (κ2) is 6.86. The zero-order valence-corrected chi connectivity index (χ0v) is 13.1. The van der Waals surface area contributed by atoms with Gasteiger partial charge in [-0.1, -0.05) is 34.1 Å². The lowest BCUT2D eigenvalue weighted by atomic mass is 10.1. The van der Waals surface area contributed by atoms with Crippen molar-refractivity contribution in [2.75, 3.05) is 7.11 Å². The first-order chi connectivity index (χ1) is 9.60. The lowest BCUT2D eigenvalue weighted by molar-refractivity contribution is 0.410. The molecule has 2 rings (SSSR count). The van der Waals surface area contributed by atoms with E-state index in [2.05, 4.69) is 34.2 Å². The quantitative estimate of drug-likeness (QED) is 0.870. The number of hydrogen-bond donors (Lipinski definition) is 1. The fourth-order valence-corrected chi connectivity index (χ4v) is 2.37. The van der Waals surface area contributed by atoms with Gasteiger partial charge in [0.15, 0.2) is 0 Å². The summed E-state index contributed by atoms with van der Waals surface area (Å²) >= 11 is 3.45. The SMILES string of the molecule is COc1ccc(CN[C@H](C)c2cccc(Br)c2)c(F)c1. The monoisotopic (exact) mass is 337 g/mol. The van der Waals surface area contributed by atoms with Crippen LogP contribution >= 0.6 is 15.9 Å². The highest BCUT2D eigenvalue weighted by atomic mass is 79.9. The predicted molar refractivity (Wildman–Crippen MR) is 82.3 cm³/mol. The zero-order valence-electron chi connectivity index (χ0n) is 11.5. The average molecular weight is 338 g/mol. The Labute approximate surface area is 127 Å². The molecule has 1 N–H and O–H groups in total. The molecule has 0 aliphatic rings.